The summed E-state index contributed by atoms with van der Waals surface area (Å²) in [6.45, 7) is 6.66. The zero-order valence-corrected chi connectivity index (χ0v) is 19.2. The molecule has 0 unspecified atom stereocenters. The van der Waals surface area contributed by atoms with Gasteiger partial charge in [-0.25, -0.2) is 4.98 Å². The van der Waals surface area contributed by atoms with Crippen molar-refractivity contribution in [2.24, 2.45) is 0 Å². The molecule has 31 heavy (non-hydrogen) atoms. The number of carbonyl (C=O) groups excluding carboxylic acids is 1. The molecule has 2 saturated heterocycles. The van der Waals surface area contributed by atoms with E-state index in [2.05, 4.69) is 16.8 Å². The van der Waals surface area contributed by atoms with Crippen LogP contribution in [0.15, 0.2) is 35.8 Å². The van der Waals surface area contributed by atoms with Crippen LogP contribution in [-0.4, -0.2) is 65.6 Å². The second kappa shape index (κ2) is 11.0. The fraction of sp³-hybridized carbons (Fsp3) is 0.583. The zero-order chi connectivity index (χ0) is 21.5. The van der Waals surface area contributed by atoms with Crippen molar-refractivity contribution in [2.45, 2.75) is 57.6 Å². The number of rotatable bonds is 8. The minimum absolute atomic E-state index is 0.133. The topological polar surface area (TPSA) is 54.9 Å². The van der Waals surface area contributed by atoms with Crippen LogP contribution in [-0.2, 0) is 0 Å². The van der Waals surface area contributed by atoms with Crippen molar-refractivity contribution < 1.29 is 14.3 Å². The van der Waals surface area contributed by atoms with E-state index in [4.69, 9.17) is 9.47 Å². The highest BCUT2D eigenvalue weighted by atomic mass is 32.1. The van der Waals surface area contributed by atoms with E-state index >= 15 is 0 Å². The van der Waals surface area contributed by atoms with E-state index in [1.807, 2.05) is 34.5 Å². The number of nitrogens with zero attached hydrogens (tertiary/aromatic N) is 3. The fourth-order valence-corrected chi connectivity index (χ4v) is 4.97. The van der Waals surface area contributed by atoms with Crippen LogP contribution >= 0.6 is 11.3 Å². The van der Waals surface area contributed by atoms with E-state index in [0.717, 1.165) is 87.8 Å². The molecule has 0 saturated carbocycles. The molecule has 0 bridgehead atoms. The standard InChI is InChI=1S/C24H33N3O3S/c1-2-3-17-29-21-6-4-19(5-7-21)23(28)27-13-8-20(9-14-27)26-15-10-22(11-16-26)30-24-25-12-18-31-24/h4-7,12,18,20,22H,2-3,8-11,13-17H2,1H3. The molecule has 1 aromatic heterocycles. The average Bonchev–Trinajstić information content (AvgIpc) is 3.33. The number of benzene rings is 1. The Bertz CT molecular complexity index is 796. The molecule has 6 nitrogen and oxygen atoms in total. The number of hydrogen-bond donors (Lipinski definition) is 0. The number of carbonyl (C=O) groups is 1. The lowest BCUT2D eigenvalue weighted by Crippen LogP contribution is -2.50. The van der Waals surface area contributed by atoms with Gasteiger partial charge in [0.1, 0.15) is 11.9 Å². The molecule has 0 aliphatic carbocycles. The van der Waals surface area contributed by atoms with E-state index in [0.29, 0.717) is 6.04 Å². The highest BCUT2D eigenvalue weighted by molar-refractivity contribution is 7.11. The first-order valence-electron chi connectivity index (χ1n) is 11.5. The molecule has 7 heteroatoms. The number of ether oxygens (including phenoxy) is 2. The molecule has 168 valence electrons. The van der Waals surface area contributed by atoms with Crippen molar-refractivity contribution in [1.82, 2.24) is 14.8 Å². The minimum Gasteiger partial charge on any atom is -0.494 e. The monoisotopic (exact) mass is 443 g/mol. The first-order chi connectivity index (χ1) is 15.2. The molecule has 0 atom stereocenters. The van der Waals surface area contributed by atoms with E-state index in [9.17, 15) is 4.79 Å². The number of amides is 1. The van der Waals surface area contributed by atoms with Gasteiger partial charge in [0.05, 0.1) is 6.61 Å². The van der Waals surface area contributed by atoms with Gasteiger partial charge in [0, 0.05) is 49.4 Å². The summed E-state index contributed by atoms with van der Waals surface area (Å²) in [5.74, 6) is 0.972. The van der Waals surface area contributed by atoms with Crippen LogP contribution < -0.4 is 9.47 Å². The summed E-state index contributed by atoms with van der Waals surface area (Å²) in [6.07, 6.45) is 8.41. The SMILES string of the molecule is CCCCOc1ccc(C(=O)N2CCC(N3CCC(Oc4nccs4)CC3)CC2)cc1. The lowest BCUT2D eigenvalue weighted by molar-refractivity contribution is 0.0425. The number of aromatic nitrogens is 1. The second-order valence-electron chi connectivity index (χ2n) is 8.40. The Balaban J connectivity index is 1.20. The van der Waals surface area contributed by atoms with E-state index in [1.165, 1.54) is 0 Å². The van der Waals surface area contributed by atoms with Crippen LogP contribution in [0, 0.1) is 0 Å². The molecule has 1 aromatic carbocycles. The molecule has 2 fully saturated rings. The highest BCUT2D eigenvalue weighted by Gasteiger charge is 2.30. The van der Waals surface area contributed by atoms with Crippen LogP contribution in [0.4, 0.5) is 0 Å². The van der Waals surface area contributed by atoms with Crippen molar-refractivity contribution in [1.29, 1.82) is 0 Å². The van der Waals surface area contributed by atoms with Gasteiger partial charge in [0.2, 0.25) is 0 Å². The zero-order valence-electron chi connectivity index (χ0n) is 18.4. The Kier molecular flexibility index (Phi) is 7.81. The maximum Gasteiger partial charge on any atom is 0.273 e. The molecule has 2 aliphatic rings. The molecule has 1 amide bonds. The van der Waals surface area contributed by atoms with Crippen molar-refractivity contribution in [3.05, 3.63) is 41.4 Å². The maximum absolute atomic E-state index is 12.9. The van der Waals surface area contributed by atoms with Crippen LogP contribution in [0.1, 0.15) is 55.8 Å². The van der Waals surface area contributed by atoms with E-state index in [1.54, 1.807) is 17.5 Å². The lowest BCUT2D eigenvalue weighted by Gasteiger charge is -2.41. The first-order valence-corrected chi connectivity index (χ1v) is 12.4. The Morgan fingerprint density at radius 1 is 1.10 bits per heavy atom. The molecule has 0 radical (unpaired) electrons. The first kappa shape index (κ1) is 22.1. The van der Waals surface area contributed by atoms with Crippen LogP contribution in [0.3, 0.4) is 0 Å². The van der Waals surface area contributed by atoms with Gasteiger partial charge in [-0.3, -0.25) is 9.69 Å². The minimum atomic E-state index is 0.133. The number of thiazole rings is 1. The molecule has 2 aliphatic heterocycles. The van der Waals surface area contributed by atoms with Crippen LogP contribution in [0.25, 0.3) is 0 Å². The van der Waals surface area contributed by atoms with Gasteiger partial charge in [-0.05, 0) is 56.4 Å². The Hall–Kier alpha value is -2.12. The highest BCUT2D eigenvalue weighted by Crippen LogP contribution is 2.25. The molecule has 0 N–H and O–H groups in total. The number of likely N-dealkylation sites (tertiary alicyclic amines) is 2. The third-order valence-corrected chi connectivity index (χ3v) is 6.95. The summed E-state index contributed by atoms with van der Waals surface area (Å²) in [6, 6.07) is 8.17. The van der Waals surface area contributed by atoms with Crippen molar-refractivity contribution in [3.8, 4) is 10.9 Å². The summed E-state index contributed by atoms with van der Waals surface area (Å²) in [5.41, 5.74) is 0.751. The fourth-order valence-electron chi connectivity index (χ4n) is 4.41. The summed E-state index contributed by atoms with van der Waals surface area (Å²) in [7, 11) is 0. The molecular formula is C24H33N3O3S. The normalized spacial score (nSPS) is 18.8. The Morgan fingerprint density at radius 3 is 2.48 bits per heavy atom. The second-order valence-corrected chi connectivity index (χ2v) is 9.26. The summed E-state index contributed by atoms with van der Waals surface area (Å²) >= 11 is 1.56. The van der Waals surface area contributed by atoms with Crippen molar-refractivity contribution in [3.63, 3.8) is 0 Å². The van der Waals surface area contributed by atoms with Gasteiger partial charge in [-0.15, -0.1) is 0 Å². The van der Waals surface area contributed by atoms with Gasteiger partial charge in [-0.2, -0.15) is 0 Å². The molecular weight excluding hydrogens is 410 g/mol. The van der Waals surface area contributed by atoms with Crippen molar-refractivity contribution >= 4 is 17.2 Å². The molecule has 4 rings (SSSR count). The van der Waals surface area contributed by atoms with Gasteiger partial charge >= 0.3 is 0 Å². The lowest BCUT2D eigenvalue weighted by atomic mass is 9.98. The predicted molar refractivity (Wildman–Crippen MR) is 123 cm³/mol. The smallest absolute Gasteiger partial charge is 0.273 e. The van der Waals surface area contributed by atoms with E-state index in [-0.39, 0.29) is 12.0 Å². The van der Waals surface area contributed by atoms with E-state index < -0.39 is 0 Å². The number of piperidine rings is 2. The largest absolute Gasteiger partial charge is 0.494 e. The van der Waals surface area contributed by atoms with Crippen LogP contribution in [0.2, 0.25) is 0 Å². The Morgan fingerprint density at radius 2 is 1.84 bits per heavy atom. The average molecular weight is 444 g/mol. The molecule has 3 heterocycles. The summed E-state index contributed by atoms with van der Waals surface area (Å²) in [4.78, 5) is 21.7. The maximum atomic E-state index is 12.9. The molecule has 2 aromatic rings. The van der Waals surface area contributed by atoms with Gasteiger partial charge in [0.15, 0.2) is 0 Å². The summed E-state index contributed by atoms with van der Waals surface area (Å²) in [5, 5.41) is 2.74. The predicted octanol–water partition coefficient (Wildman–Crippen LogP) is 4.47. The van der Waals surface area contributed by atoms with Crippen LogP contribution in [0.5, 0.6) is 10.9 Å². The third kappa shape index (κ3) is 5.98. The quantitative estimate of drug-likeness (QED) is 0.564. The van der Waals surface area contributed by atoms with Gasteiger partial charge in [0.25, 0.3) is 11.1 Å². The number of hydrogen-bond acceptors (Lipinski definition) is 6. The van der Waals surface area contributed by atoms with Gasteiger partial charge < -0.3 is 14.4 Å². The summed E-state index contributed by atoms with van der Waals surface area (Å²) < 4.78 is 11.7. The van der Waals surface area contributed by atoms with Crippen molar-refractivity contribution in [2.75, 3.05) is 32.8 Å². The number of unbranched alkanes of at least 4 members (excludes halogenated alkanes) is 1. The Labute approximate surface area is 189 Å². The third-order valence-electron chi connectivity index (χ3n) is 6.29. The molecule has 0 spiro atoms. The van der Waals surface area contributed by atoms with Gasteiger partial charge in [-0.1, -0.05) is 24.7 Å².